The van der Waals surface area contributed by atoms with Crippen LogP contribution in [0.15, 0.2) is 53.6 Å². The van der Waals surface area contributed by atoms with Gasteiger partial charge in [-0.25, -0.2) is 0 Å². The summed E-state index contributed by atoms with van der Waals surface area (Å²) in [5.74, 6) is 2.72. The minimum atomic E-state index is -5.21. The molecule has 2 aromatic carbocycles. The van der Waals surface area contributed by atoms with Crippen LogP contribution in [0.1, 0.15) is 63.1 Å². The quantitative estimate of drug-likeness (QED) is 0.175. The zero-order valence-electron chi connectivity index (χ0n) is 22.9. The van der Waals surface area contributed by atoms with Crippen molar-refractivity contribution in [2.45, 2.75) is 58.4 Å². The molecule has 0 radical (unpaired) electrons. The van der Waals surface area contributed by atoms with Crippen LogP contribution in [0.5, 0.6) is 5.75 Å². The van der Waals surface area contributed by atoms with Crippen LogP contribution in [-0.2, 0) is 16.9 Å². The zero-order valence-corrected chi connectivity index (χ0v) is 23.7. The number of nitrogens with zero attached hydrogens (tertiary/aromatic N) is 2. The highest BCUT2D eigenvalue weighted by molar-refractivity contribution is 7.81. The van der Waals surface area contributed by atoms with Crippen molar-refractivity contribution in [3.63, 3.8) is 0 Å². The van der Waals surface area contributed by atoms with E-state index in [9.17, 15) is 17.1 Å². The fraction of sp³-hybridized carbons (Fsp3) is 0.312. The van der Waals surface area contributed by atoms with E-state index in [4.69, 9.17) is 6.42 Å². The highest BCUT2D eigenvalue weighted by atomic mass is 32.3. The van der Waals surface area contributed by atoms with Gasteiger partial charge in [0.05, 0.1) is 17.1 Å². The minimum Gasteiger partial charge on any atom is -0.357 e. The first kappa shape index (κ1) is 27.0. The molecule has 6 rings (SSSR count). The summed E-state index contributed by atoms with van der Waals surface area (Å²) in [5.41, 5.74) is 5.31. The summed E-state index contributed by atoms with van der Waals surface area (Å²) in [7, 11) is -5.21. The molecule has 0 unspecified atom stereocenters. The molecule has 7 nitrogen and oxygen atoms in total. The molecule has 1 aliphatic carbocycles. The topological polar surface area (TPSA) is 94.1 Å². The number of terminal acetylenes is 1. The lowest BCUT2D eigenvalue weighted by molar-refractivity contribution is 0.365. The summed E-state index contributed by atoms with van der Waals surface area (Å²) in [5, 5.41) is 2.11. The molecule has 9 heteroatoms. The van der Waals surface area contributed by atoms with Crippen LogP contribution in [0.3, 0.4) is 0 Å². The van der Waals surface area contributed by atoms with Crippen LogP contribution >= 0.6 is 0 Å². The number of fused-ring (bicyclic) bond motifs is 4. The average Bonchev–Trinajstić information content (AvgIpc) is 3.31. The van der Waals surface area contributed by atoms with Gasteiger partial charge in [0.25, 0.3) is 0 Å². The van der Waals surface area contributed by atoms with E-state index >= 15 is 0 Å². The molecule has 5 aromatic rings. The molecule has 0 bridgehead atoms. The predicted molar refractivity (Wildman–Crippen MR) is 160 cm³/mol. The van der Waals surface area contributed by atoms with Crippen LogP contribution in [0.2, 0.25) is 0 Å². The number of pyridine rings is 2. The Bertz CT molecular complexity index is 2030. The fourth-order valence-corrected chi connectivity index (χ4v) is 6.60. The third-order valence-electron chi connectivity index (χ3n) is 7.93. The number of aromatic nitrogens is 3. The lowest BCUT2D eigenvalue weighted by Gasteiger charge is -2.28. The van der Waals surface area contributed by atoms with Gasteiger partial charge in [-0.2, -0.15) is 8.42 Å². The van der Waals surface area contributed by atoms with Gasteiger partial charge >= 0.3 is 10.5 Å². The van der Waals surface area contributed by atoms with E-state index in [0.717, 1.165) is 70.6 Å². The van der Waals surface area contributed by atoms with Crippen molar-refractivity contribution in [3.8, 4) is 29.2 Å². The summed E-state index contributed by atoms with van der Waals surface area (Å²) in [6, 6.07) is 11.3. The lowest BCUT2D eigenvalue weighted by Crippen LogP contribution is -2.19. The number of aromatic amines is 1. The van der Waals surface area contributed by atoms with Gasteiger partial charge < -0.3 is 13.7 Å². The number of hydrogen-bond donors (Lipinski definition) is 1. The second-order valence-electron chi connectivity index (χ2n) is 11.3. The third kappa shape index (κ3) is 5.08. The Hall–Kier alpha value is -4.16. The summed E-state index contributed by atoms with van der Waals surface area (Å²) >= 11 is 0. The minimum absolute atomic E-state index is 0.0583. The fourth-order valence-electron chi connectivity index (χ4n) is 6.28. The van der Waals surface area contributed by atoms with Crippen molar-refractivity contribution in [3.05, 3.63) is 70.1 Å². The lowest BCUT2D eigenvalue weighted by atomic mass is 9.90. The summed E-state index contributed by atoms with van der Waals surface area (Å²) in [6.45, 7) is 4.18. The predicted octanol–water partition coefficient (Wildman–Crippen LogP) is 6.98. The molecule has 3 aromatic heterocycles. The number of H-pyrrole nitrogens is 1. The largest absolute Gasteiger partial charge is 0.488 e. The molecule has 0 saturated heterocycles. The second kappa shape index (κ2) is 10.3. The standard InChI is InChI=1S/C32H30FN3O4S/c1-4-20-10-11-25-28(13-20)35-32-30(25)31(37)27-15-21(12-19(2)3)26(16-29(27)36(32)23-8-6-5-7-9-23)22-14-24(18-34-17-22)40-41(33,38)39/h1,10-11,13-19,23,35H,5-9,12H2,2-3H3. The molecule has 210 valence electrons. The molecule has 1 aliphatic rings. The maximum absolute atomic E-state index is 14.2. The first-order chi connectivity index (χ1) is 19.6. The Morgan fingerprint density at radius 1 is 1.12 bits per heavy atom. The Kier molecular flexibility index (Phi) is 6.82. The van der Waals surface area contributed by atoms with Gasteiger partial charge in [0.2, 0.25) is 0 Å². The second-order valence-corrected chi connectivity index (χ2v) is 12.2. The number of rotatable bonds is 6. The van der Waals surface area contributed by atoms with Crippen molar-refractivity contribution in [1.82, 2.24) is 14.5 Å². The zero-order chi connectivity index (χ0) is 28.9. The highest BCUT2D eigenvalue weighted by Crippen LogP contribution is 2.38. The Morgan fingerprint density at radius 3 is 2.61 bits per heavy atom. The molecule has 1 saturated carbocycles. The van der Waals surface area contributed by atoms with Gasteiger partial charge in [-0.3, -0.25) is 9.78 Å². The number of benzene rings is 2. The molecule has 41 heavy (non-hydrogen) atoms. The van der Waals surface area contributed by atoms with Crippen molar-refractivity contribution >= 4 is 43.3 Å². The monoisotopic (exact) mass is 571 g/mol. The maximum atomic E-state index is 14.2. The number of nitrogens with one attached hydrogen (secondary N) is 1. The maximum Gasteiger partial charge on any atom is 0.488 e. The molecule has 3 heterocycles. The molecule has 1 N–H and O–H groups in total. The molecule has 1 fully saturated rings. The molecule has 0 amide bonds. The number of hydrogen-bond acceptors (Lipinski definition) is 5. The van der Waals surface area contributed by atoms with Crippen LogP contribution in [-0.4, -0.2) is 23.0 Å². The Labute approximate surface area is 237 Å². The van der Waals surface area contributed by atoms with Gasteiger partial charge in [-0.1, -0.05) is 49.0 Å². The van der Waals surface area contributed by atoms with E-state index in [1.165, 1.54) is 12.5 Å². The summed E-state index contributed by atoms with van der Waals surface area (Å²) < 4.78 is 42.4. The van der Waals surface area contributed by atoms with Crippen molar-refractivity contribution in [2.24, 2.45) is 5.92 Å². The normalized spacial score (nSPS) is 14.7. The molecule has 0 aliphatic heterocycles. The third-order valence-corrected chi connectivity index (χ3v) is 8.32. The Morgan fingerprint density at radius 2 is 1.90 bits per heavy atom. The molecular formula is C32H30FN3O4S. The molecule has 0 spiro atoms. The molecule has 0 atom stereocenters. The van der Waals surface area contributed by atoms with Crippen LogP contribution in [0.25, 0.3) is 44.0 Å². The van der Waals surface area contributed by atoms with E-state index in [1.54, 1.807) is 6.20 Å². The van der Waals surface area contributed by atoms with Crippen molar-refractivity contribution in [2.75, 3.05) is 0 Å². The average molecular weight is 572 g/mol. The smallest absolute Gasteiger partial charge is 0.357 e. The molecular weight excluding hydrogens is 541 g/mol. The van der Waals surface area contributed by atoms with E-state index in [2.05, 4.69) is 38.5 Å². The summed E-state index contributed by atoms with van der Waals surface area (Å²) in [6.07, 6.45) is 14.4. The van der Waals surface area contributed by atoms with Gasteiger partial charge in [0.15, 0.2) is 11.2 Å². The van der Waals surface area contributed by atoms with Gasteiger partial charge in [-0.15, -0.1) is 6.42 Å². The first-order valence-corrected chi connectivity index (χ1v) is 15.2. The highest BCUT2D eigenvalue weighted by Gasteiger charge is 2.25. The van der Waals surface area contributed by atoms with Gasteiger partial charge in [0, 0.05) is 39.7 Å². The Balaban J connectivity index is 1.70. The summed E-state index contributed by atoms with van der Waals surface area (Å²) in [4.78, 5) is 21.9. The van der Waals surface area contributed by atoms with Crippen LogP contribution in [0.4, 0.5) is 3.89 Å². The van der Waals surface area contributed by atoms with E-state index < -0.39 is 10.5 Å². The van der Waals surface area contributed by atoms with Crippen LogP contribution < -0.4 is 9.61 Å². The van der Waals surface area contributed by atoms with E-state index in [-0.39, 0.29) is 23.1 Å². The number of halogens is 1. The van der Waals surface area contributed by atoms with Gasteiger partial charge in [0.1, 0.15) is 5.65 Å². The van der Waals surface area contributed by atoms with E-state index in [1.807, 2.05) is 30.3 Å². The van der Waals surface area contributed by atoms with Gasteiger partial charge in [-0.05, 0) is 66.6 Å². The van der Waals surface area contributed by atoms with Crippen molar-refractivity contribution < 1.29 is 16.5 Å². The van der Waals surface area contributed by atoms with Crippen molar-refractivity contribution in [1.29, 1.82) is 0 Å². The first-order valence-electron chi connectivity index (χ1n) is 13.9. The SMILES string of the molecule is C#Cc1ccc2c(c1)[nH]c1c2c(=O)c2cc(CC(C)C)c(-c3cncc(OS(=O)(=O)F)c3)cc2n1C1CCCCC1. The van der Waals surface area contributed by atoms with Crippen LogP contribution in [0, 0.1) is 18.3 Å². The van der Waals surface area contributed by atoms with E-state index in [0.29, 0.717) is 22.8 Å².